The molecule has 0 aliphatic carbocycles. The van der Waals surface area contributed by atoms with E-state index in [1.807, 2.05) is 0 Å². The van der Waals surface area contributed by atoms with Crippen molar-refractivity contribution in [3.8, 4) is 0 Å². The van der Waals surface area contributed by atoms with E-state index >= 15 is 0 Å². The number of alkyl carbamates (subject to hydrolysis) is 1. The summed E-state index contributed by atoms with van der Waals surface area (Å²) in [5.74, 6) is -3.35. The van der Waals surface area contributed by atoms with Crippen LogP contribution in [0.5, 0.6) is 0 Å². The number of ether oxygens (including phenoxy) is 1. The van der Waals surface area contributed by atoms with Crippen LogP contribution >= 0.6 is 0 Å². The molecule has 1 aliphatic heterocycles. The molecule has 2 rings (SSSR count). The monoisotopic (exact) mass is 601 g/mol. The molecule has 234 valence electrons. The first-order chi connectivity index (χ1) is 20.4. The Balaban J connectivity index is 1.71. The van der Waals surface area contributed by atoms with Crippen LogP contribution in [0.3, 0.4) is 0 Å². The third-order valence-electron chi connectivity index (χ3n) is 6.27. The summed E-state index contributed by atoms with van der Waals surface area (Å²) in [4.78, 5) is 84.6. The first-order valence-corrected chi connectivity index (χ1v) is 13.9. The highest BCUT2D eigenvalue weighted by atomic mass is 16.5. The third kappa shape index (κ3) is 12.3. The number of hydrogen-bond acceptors (Lipinski definition) is 9. The number of nitrogens with zero attached hydrogens (tertiary/aromatic N) is 1. The van der Waals surface area contributed by atoms with E-state index in [2.05, 4.69) is 21.3 Å². The smallest absolute Gasteiger partial charge is 0.407 e. The summed E-state index contributed by atoms with van der Waals surface area (Å²) >= 11 is 0. The van der Waals surface area contributed by atoms with Crippen LogP contribution in [0.15, 0.2) is 36.4 Å². The summed E-state index contributed by atoms with van der Waals surface area (Å²) in [6.07, 6.45) is 4.47. The number of amides is 7. The predicted molar refractivity (Wildman–Crippen MR) is 155 cm³/mol. The number of anilines is 1. The van der Waals surface area contributed by atoms with E-state index in [0.29, 0.717) is 37.2 Å². The summed E-state index contributed by atoms with van der Waals surface area (Å²) in [6.45, 7) is 3.63. The number of imide groups is 1. The van der Waals surface area contributed by atoms with Crippen molar-refractivity contribution in [1.82, 2.24) is 20.9 Å². The van der Waals surface area contributed by atoms with Crippen molar-refractivity contribution in [3.05, 3.63) is 42.0 Å². The maximum atomic E-state index is 12.8. The second kappa shape index (κ2) is 17.2. The molecular formula is C28H39N7O8. The minimum atomic E-state index is -1.29. The standard InChI is InChI=1S/C28H39N7O8/c1-17(29)25(39)32-18(2)26(40)34-21(15-22(30)36)27(41)33-20-9-7-19(8-10-20)16-43-28(42)31-13-5-3-4-6-14-35-23(37)11-12-24(35)38/h7-12,17-18,21H,3-6,13-16,29H2,1-2H3,(H2,30,36)(H,31,42)(H,32,39)(H,33,41)(H,34,40). The van der Waals surface area contributed by atoms with Crippen LogP contribution < -0.4 is 32.7 Å². The van der Waals surface area contributed by atoms with Gasteiger partial charge in [0.15, 0.2) is 0 Å². The van der Waals surface area contributed by atoms with E-state index < -0.39 is 54.3 Å². The topological polar surface area (TPSA) is 232 Å². The lowest BCUT2D eigenvalue weighted by Crippen LogP contribution is -2.54. The lowest BCUT2D eigenvalue weighted by atomic mass is 10.1. The van der Waals surface area contributed by atoms with Gasteiger partial charge in [0.1, 0.15) is 18.7 Å². The van der Waals surface area contributed by atoms with Crippen molar-refractivity contribution in [2.75, 3.05) is 18.4 Å². The Labute approximate surface area is 249 Å². The largest absolute Gasteiger partial charge is 0.445 e. The molecule has 0 saturated carbocycles. The van der Waals surface area contributed by atoms with Crippen molar-refractivity contribution in [1.29, 1.82) is 0 Å². The van der Waals surface area contributed by atoms with Crippen molar-refractivity contribution in [2.24, 2.45) is 11.5 Å². The van der Waals surface area contributed by atoms with Crippen molar-refractivity contribution in [3.63, 3.8) is 0 Å². The van der Waals surface area contributed by atoms with Crippen LogP contribution in [0.2, 0.25) is 0 Å². The SMILES string of the molecule is CC(N)C(=O)NC(C)C(=O)NC(CC(N)=O)C(=O)Nc1ccc(COC(=O)NCCCCCCN2C(=O)C=CC2=O)cc1. The van der Waals surface area contributed by atoms with Gasteiger partial charge in [-0.1, -0.05) is 25.0 Å². The summed E-state index contributed by atoms with van der Waals surface area (Å²) in [5, 5.41) is 10.0. The second-order valence-corrected chi connectivity index (χ2v) is 10.0. The molecule has 1 aliphatic rings. The van der Waals surface area contributed by atoms with Gasteiger partial charge < -0.3 is 37.5 Å². The van der Waals surface area contributed by atoms with E-state index in [1.54, 1.807) is 24.3 Å². The van der Waals surface area contributed by atoms with Gasteiger partial charge >= 0.3 is 6.09 Å². The number of primary amides is 1. The van der Waals surface area contributed by atoms with Crippen LogP contribution in [0.4, 0.5) is 10.5 Å². The molecule has 8 N–H and O–H groups in total. The molecule has 15 nitrogen and oxygen atoms in total. The normalized spacial score (nSPS) is 14.4. The van der Waals surface area contributed by atoms with Gasteiger partial charge in [0.05, 0.1) is 12.5 Å². The van der Waals surface area contributed by atoms with Crippen molar-refractivity contribution >= 4 is 47.2 Å². The van der Waals surface area contributed by atoms with Crippen LogP contribution in [0.1, 0.15) is 51.5 Å². The molecule has 0 aromatic heterocycles. The average molecular weight is 602 g/mol. The zero-order valence-electron chi connectivity index (χ0n) is 24.2. The maximum absolute atomic E-state index is 12.8. The van der Waals surface area contributed by atoms with Gasteiger partial charge in [-0.3, -0.25) is 33.7 Å². The molecule has 3 unspecified atom stereocenters. The number of rotatable bonds is 17. The molecular weight excluding hydrogens is 562 g/mol. The Morgan fingerprint density at radius 1 is 0.860 bits per heavy atom. The highest BCUT2D eigenvalue weighted by Crippen LogP contribution is 2.12. The lowest BCUT2D eigenvalue weighted by molar-refractivity contribution is -0.137. The number of carbonyl (C=O) groups excluding carboxylic acids is 7. The molecule has 0 radical (unpaired) electrons. The molecule has 1 heterocycles. The Bertz CT molecular complexity index is 1200. The minimum Gasteiger partial charge on any atom is -0.445 e. The van der Waals surface area contributed by atoms with Gasteiger partial charge in [0.2, 0.25) is 23.6 Å². The fourth-order valence-corrected chi connectivity index (χ4v) is 3.82. The molecule has 43 heavy (non-hydrogen) atoms. The van der Waals surface area contributed by atoms with Crippen LogP contribution in [0, 0.1) is 0 Å². The quantitative estimate of drug-likeness (QED) is 0.100. The van der Waals surface area contributed by atoms with Gasteiger partial charge in [-0.15, -0.1) is 0 Å². The molecule has 15 heteroatoms. The summed E-state index contributed by atoms with van der Waals surface area (Å²) < 4.78 is 5.20. The van der Waals surface area contributed by atoms with E-state index in [0.717, 1.165) is 12.8 Å². The number of benzene rings is 1. The number of hydrogen-bond donors (Lipinski definition) is 6. The van der Waals surface area contributed by atoms with Crippen LogP contribution in [-0.2, 0) is 40.1 Å². The Hall–Kier alpha value is -4.79. The van der Waals surface area contributed by atoms with Crippen molar-refractivity contribution < 1.29 is 38.3 Å². The second-order valence-electron chi connectivity index (χ2n) is 10.0. The fourth-order valence-electron chi connectivity index (χ4n) is 3.82. The molecule has 0 fully saturated rings. The van der Waals surface area contributed by atoms with E-state index in [4.69, 9.17) is 16.2 Å². The number of nitrogens with one attached hydrogen (secondary N) is 4. The molecule has 3 atom stereocenters. The predicted octanol–water partition coefficient (Wildman–Crippen LogP) is -0.451. The zero-order valence-corrected chi connectivity index (χ0v) is 24.2. The van der Waals surface area contributed by atoms with Crippen molar-refractivity contribution in [2.45, 2.75) is 70.7 Å². The summed E-state index contributed by atoms with van der Waals surface area (Å²) in [5.41, 5.74) is 11.7. The summed E-state index contributed by atoms with van der Waals surface area (Å²) in [6, 6.07) is 3.23. The fraction of sp³-hybridized carbons (Fsp3) is 0.464. The number of nitrogens with two attached hydrogens (primary N) is 2. The highest BCUT2D eigenvalue weighted by molar-refractivity contribution is 6.12. The third-order valence-corrected chi connectivity index (χ3v) is 6.27. The average Bonchev–Trinajstić information content (AvgIpc) is 3.27. The number of unbranched alkanes of at least 4 members (excludes halogenated alkanes) is 3. The van der Waals surface area contributed by atoms with Gasteiger partial charge in [-0.25, -0.2) is 4.79 Å². The highest BCUT2D eigenvalue weighted by Gasteiger charge is 2.26. The maximum Gasteiger partial charge on any atom is 0.407 e. The molecule has 1 aromatic carbocycles. The Morgan fingerprint density at radius 2 is 1.49 bits per heavy atom. The van der Waals surface area contributed by atoms with Gasteiger partial charge in [-0.05, 0) is 44.4 Å². The van der Waals surface area contributed by atoms with Gasteiger partial charge in [-0.2, -0.15) is 0 Å². The number of carbonyl (C=O) groups is 7. The van der Waals surface area contributed by atoms with E-state index in [9.17, 15) is 33.6 Å². The van der Waals surface area contributed by atoms with E-state index in [-0.39, 0.29) is 18.4 Å². The Morgan fingerprint density at radius 3 is 2.09 bits per heavy atom. The van der Waals surface area contributed by atoms with E-state index in [1.165, 1.54) is 30.9 Å². The molecule has 0 saturated heterocycles. The van der Waals surface area contributed by atoms with Gasteiger partial charge in [0, 0.05) is 30.9 Å². The zero-order chi connectivity index (χ0) is 31.9. The molecule has 1 aromatic rings. The van der Waals surface area contributed by atoms with Crippen LogP contribution in [0.25, 0.3) is 0 Å². The van der Waals surface area contributed by atoms with Gasteiger partial charge in [0.25, 0.3) is 11.8 Å². The minimum absolute atomic E-state index is 0.0165. The molecule has 0 bridgehead atoms. The molecule has 0 spiro atoms. The first kappa shape index (κ1) is 34.4. The van der Waals surface area contributed by atoms with Crippen LogP contribution in [-0.4, -0.2) is 77.7 Å². The summed E-state index contributed by atoms with van der Waals surface area (Å²) in [7, 11) is 0. The lowest BCUT2D eigenvalue weighted by Gasteiger charge is -2.21. The first-order valence-electron chi connectivity index (χ1n) is 13.9. The molecule has 7 amide bonds. The Kier molecular flexibility index (Phi) is 13.8.